The zero-order chi connectivity index (χ0) is 24.5. The van der Waals surface area contributed by atoms with E-state index in [1.807, 2.05) is 63.8 Å². The molecule has 5 rings (SSSR count). The Kier molecular flexibility index (Phi) is 6.05. The molecule has 12 heteroatoms. The van der Waals surface area contributed by atoms with Crippen molar-refractivity contribution in [3.8, 4) is 11.3 Å². The fourth-order valence-corrected chi connectivity index (χ4v) is 3.67. The van der Waals surface area contributed by atoms with Crippen molar-refractivity contribution in [2.75, 3.05) is 6.54 Å². The van der Waals surface area contributed by atoms with Crippen molar-refractivity contribution in [2.24, 2.45) is 7.05 Å². The van der Waals surface area contributed by atoms with E-state index in [4.69, 9.17) is 9.90 Å². The highest BCUT2D eigenvalue weighted by Gasteiger charge is 2.38. The number of pyridine rings is 2. The number of aliphatic carboxylic acids is 1. The molecular weight excluding hydrogens is 453 g/mol. The van der Waals surface area contributed by atoms with Crippen LogP contribution in [0.25, 0.3) is 16.9 Å². The Labute approximate surface area is 191 Å². The van der Waals surface area contributed by atoms with Gasteiger partial charge in [-0.3, -0.25) is 14.5 Å². The first-order valence-corrected chi connectivity index (χ1v) is 10.1. The number of hydrogen-bond acceptors (Lipinski definition) is 5. The van der Waals surface area contributed by atoms with E-state index in [0.29, 0.717) is 25.2 Å². The van der Waals surface area contributed by atoms with Crippen molar-refractivity contribution in [1.82, 2.24) is 29.0 Å². The molecule has 1 aliphatic heterocycles. The van der Waals surface area contributed by atoms with Crippen LogP contribution in [-0.2, 0) is 24.8 Å². The molecule has 0 atom stereocenters. The average Bonchev–Trinajstić information content (AvgIpc) is 3.49. The first-order chi connectivity index (χ1) is 16.1. The predicted octanol–water partition coefficient (Wildman–Crippen LogP) is 2.96. The van der Waals surface area contributed by atoms with Crippen LogP contribution in [-0.4, -0.2) is 58.8 Å². The van der Waals surface area contributed by atoms with E-state index >= 15 is 0 Å². The largest absolute Gasteiger partial charge is 0.490 e. The highest BCUT2D eigenvalue weighted by molar-refractivity contribution is 5.98. The number of carboxylic acid groups (broad SMARTS) is 1. The number of hydrogen-bond donors (Lipinski definition) is 1. The van der Waals surface area contributed by atoms with Crippen LogP contribution in [0.2, 0.25) is 0 Å². The molecular formula is C22H19F3N6O3. The van der Waals surface area contributed by atoms with Gasteiger partial charge in [0.05, 0.1) is 11.4 Å². The van der Waals surface area contributed by atoms with Crippen LogP contribution < -0.4 is 0 Å². The minimum absolute atomic E-state index is 0.0159. The number of alkyl halides is 3. The molecule has 0 fully saturated rings. The standard InChI is InChI=1S/C20H18N6O.C2HF3O2/c1-24-17(6-9-22-24)15-5-8-21-19-16(15)13-26(20(19)27)11-7-14-12-25-10-3-2-4-18(25)23-14;3-2(4,5)1(6)7/h2-6,8-10,12H,7,11,13H2,1H3;(H,6,7). The molecule has 0 spiro atoms. The fourth-order valence-electron chi connectivity index (χ4n) is 3.67. The van der Waals surface area contributed by atoms with Crippen molar-refractivity contribution in [2.45, 2.75) is 19.1 Å². The number of aromatic nitrogens is 5. The van der Waals surface area contributed by atoms with Crippen molar-refractivity contribution in [1.29, 1.82) is 0 Å². The van der Waals surface area contributed by atoms with E-state index < -0.39 is 12.1 Å². The molecule has 0 radical (unpaired) electrons. The lowest BCUT2D eigenvalue weighted by atomic mass is 10.1. The van der Waals surface area contributed by atoms with Gasteiger partial charge in [0.15, 0.2) is 0 Å². The summed E-state index contributed by atoms with van der Waals surface area (Å²) in [5.41, 5.74) is 5.42. The van der Waals surface area contributed by atoms with E-state index in [1.165, 1.54) is 0 Å². The van der Waals surface area contributed by atoms with Gasteiger partial charge in [0.25, 0.3) is 5.91 Å². The molecule has 1 N–H and O–H groups in total. The van der Waals surface area contributed by atoms with E-state index in [2.05, 4.69) is 15.1 Å². The maximum atomic E-state index is 12.8. The molecule has 176 valence electrons. The van der Waals surface area contributed by atoms with Gasteiger partial charge in [0.2, 0.25) is 0 Å². The summed E-state index contributed by atoms with van der Waals surface area (Å²) in [4.78, 5) is 32.5. The first-order valence-electron chi connectivity index (χ1n) is 10.1. The highest BCUT2D eigenvalue weighted by Crippen LogP contribution is 2.31. The summed E-state index contributed by atoms with van der Waals surface area (Å²) in [7, 11) is 1.90. The Hall–Kier alpha value is -4.22. The number of carboxylic acids is 1. The summed E-state index contributed by atoms with van der Waals surface area (Å²) in [5, 5.41) is 11.4. The van der Waals surface area contributed by atoms with E-state index in [9.17, 15) is 18.0 Å². The van der Waals surface area contributed by atoms with Crippen molar-refractivity contribution in [3.05, 3.63) is 72.1 Å². The Morgan fingerprint density at radius 2 is 1.94 bits per heavy atom. The quantitative estimate of drug-likeness (QED) is 0.490. The van der Waals surface area contributed by atoms with Gasteiger partial charge in [-0.25, -0.2) is 9.78 Å². The summed E-state index contributed by atoms with van der Waals surface area (Å²) in [6, 6.07) is 9.84. The van der Waals surface area contributed by atoms with Gasteiger partial charge in [-0.1, -0.05) is 6.07 Å². The topological polar surface area (TPSA) is 106 Å². The molecule has 1 aliphatic rings. The molecule has 0 saturated heterocycles. The van der Waals surface area contributed by atoms with Crippen LogP contribution in [0, 0.1) is 0 Å². The molecule has 0 unspecified atom stereocenters. The maximum absolute atomic E-state index is 12.8. The third-order valence-corrected chi connectivity index (χ3v) is 5.29. The van der Waals surface area contributed by atoms with Gasteiger partial charge < -0.3 is 14.4 Å². The lowest BCUT2D eigenvalue weighted by Crippen LogP contribution is -2.26. The number of fused-ring (bicyclic) bond motifs is 2. The lowest BCUT2D eigenvalue weighted by molar-refractivity contribution is -0.192. The van der Waals surface area contributed by atoms with E-state index in [0.717, 1.165) is 28.2 Å². The van der Waals surface area contributed by atoms with Gasteiger partial charge in [-0.2, -0.15) is 18.3 Å². The van der Waals surface area contributed by atoms with Crippen LogP contribution in [0.5, 0.6) is 0 Å². The molecule has 0 aromatic carbocycles. The number of rotatable bonds is 4. The second-order valence-electron chi connectivity index (χ2n) is 7.50. The third kappa shape index (κ3) is 4.60. The SMILES string of the molecule is Cn1nccc1-c1ccnc2c1CN(CCc1cn3ccccc3n1)C2=O.O=C(O)C(F)(F)F. The van der Waals surface area contributed by atoms with E-state index in [1.54, 1.807) is 12.4 Å². The maximum Gasteiger partial charge on any atom is 0.490 e. The number of nitrogens with zero attached hydrogens (tertiary/aromatic N) is 6. The van der Waals surface area contributed by atoms with Crippen LogP contribution in [0.15, 0.2) is 55.1 Å². The van der Waals surface area contributed by atoms with Gasteiger partial charge in [0, 0.05) is 62.5 Å². The van der Waals surface area contributed by atoms with Crippen molar-refractivity contribution < 1.29 is 27.9 Å². The van der Waals surface area contributed by atoms with Gasteiger partial charge in [-0.05, 0) is 24.3 Å². The third-order valence-electron chi connectivity index (χ3n) is 5.29. The summed E-state index contributed by atoms with van der Waals surface area (Å²) in [6.07, 6.45) is 3.09. The van der Waals surface area contributed by atoms with Crippen LogP contribution in [0.3, 0.4) is 0 Å². The van der Waals surface area contributed by atoms with Crippen LogP contribution in [0.4, 0.5) is 13.2 Å². The Morgan fingerprint density at radius 3 is 2.59 bits per heavy atom. The molecule has 1 amide bonds. The predicted molar refractivity (Wildman–Crippen MR) is 114 cm³/mol. The molecule has 9 nitrogen and oxygen atoms in total. The second kappa shape index (κ2) is 8.96. The zero-order valence-electron chi connectivity index (χ0n) is 17.9. The number of halogens is 3. The Bertz CT molecular complexity index is 1330. The minimum atomic E-state index is -5.08. The molecule has 0 aliphatic carbocycles. The first kappa shape index (κ1) is 23.0. The van der Waals surface area contributed by atoms with Crippen molar-refractivity contribution >= 4 is 17.5 Å². The fraction of sp³-hybridized carbons (Fsp3) is 0.227. The highest BCUT2D eigenvalue weighted by atomic mass is 19.4. The second-order valence-corrected chi connectivity index (χ2v) is 7.50. The molecule has 34 heavy (non-hydrogen) atoms. The number of carbonyl (C=O) groups excluding carboxylic acids is 1. The molecule has 0 saturated carbocycles. The number of imidazole rings is 1. The monoisotopic (exact) mass is 472 g/mol. The number of carbonyl (C=O) groups is 2. The van der Waals surface area contributed by atoms with Gasteiger partial charge >= 0.3 is 12.1 Å². The van der Waals surface area contributed by atoms with Crippen LogP contribution in [0.1, 0.15) is 21.7 Å². The van der Waals surface area contributed by atoms with Crippen LogP contribution >= 0.6 is 0 Å². The molecule has 0 bridgehead atoms. The summed E-state index contributed by atoms with van der Waals surface area (Å²) in [5.74, 6) is -2.77. The minimum Gasteiger partial charge on any atom is -0.475 e. The molecule has 4 aromatic heterocycles. The van der Waals surface area contributed by atoms with Crippen molar-refractivity contribution in [3.63, 3.8) is 0 Å². The van der Waals surface area contributed by atoms with Gasteiger partial charge in [0.1, 0.15) is 11.3 Å². The average molecular weight is 472 g/mol. The zero-order valence-corrected chi connectivity index (χ0v) is 17.9. The number of aryl methyl sites for hydroxylation is 1. The molecule has 4 aromatic rings. The summed E-state index contributed by atoms with van der Waals surface area (Å²) < 4.78 is 35.6. The number of amides is 1. The lowest BCUT2D eigenvalue weighted by Gasteiger charge is -2.14. The van der Waals surface area contributed by atoms with Gasteiger partial charge in [-0.15, -0.1) is 0 Å². The Balaban J connectivity index is 0.000000344. The summed E-state index contributed by atoms with van der Waals surface area (Å²) in [6.45, 7) is 1.18. The summed E-state index contributed by atoms with van der Waals surface area (Å²) >= 11 is 0. The Morgan fingerprint density at radius 1 is 1.18 bits per heavy atom. The molecule has 5 heterocycles. The normalized spacial score (nSPS) is 13.1. The smallest absolute Gasteiger partial charge is 0.475 e. The van der Waals surface area contributed by atoms with E-state index in [-0.39, 0.29) is 5.91 Å².